The normalized spacial score (nSPS) is 11.0. The Labute approximate surface area is 149 Å². The summed E-state index contributed by atoms with van der Waals surface area (Å²) in [5, 5.41) is 12.0. The van der Waals surface area contributed by atoms with E-state index in [0.29, 0.717) is 22.4 Å². The first-order valence-corrected chi connectivity index (χ1v) is 8.21. The molecule has 4 rings (SSSR count). The summed E-state index contributed by atoms with van der Waals surface area (Å²) in [4.78, 5) is 4.43. The number of aryl methyl sites for hydroxylation is 2. The number of benzene rings is 2. The van der Waals surface area contributed by atoms with Crippen LogP contribution in [0.1, 0.15) is 11.1 Å². The van der Waals surface area contributed by atoms with Crippen LogP contribution in [0.15, 0.2) is 53.1 Å². The summed E-state index contributed by atoms with van der Waals surface area (Å²) < 4.78 is 5.37. The van der Waals surface area contributed by atoms with Gasteiger partial charge in [-0.1, -0.05) is 46.6 Å². The van der Waals surface area contributed by atoms with Gasteiger partial charge < -0.3 is 4.52 Å². The van der Waals surface area contributed by atoms with E-state index in [4.69, 9.17) is 16.1 Å². The van der Waals surface area contributed by atoms with Crippen molar-refractivity contribution < 1.29 is 4.52 Å². The minimum atomic E-state index is 0.388. The Morgan fingerprint density at radius 2 is 1.92 bits per heavy atom. The molecular formula is C19H15ClN4O. The molecule has 1 N–H and O–H groups in total. The van der Waals surface area contributed by atoms with Crippen LogP contribution in [-0.4, -0.2) is 20.3 Å². The van der Waals surface area contributed by atoms with E-state index in [9.17, 15) is 0 Å². The number of rotatable bonds is 3. The average Bonchev–Trinajstić information content (AvgIpc) is 3.26. The number of hydrogen-bond acceptors (Lipinski definition) is 4. The Kier molecular flexibility index (Phi) is 3.86. The molecule has 25 heavy (non-hydrogen) atoms. The molecule has 2 aromatic heterocycles. The molecule has 0 aliphatic carbocycles. The van der Waals surface area contributed by atoms with Crippen molar-refractivity contribution in [2.75, 3.05) is 0 Å². The minimum absolute atomic E-state index is 0.388. The Balaban J connectivity index is 1.68. The van der Waals surface area contributed by atoms with E-state index in [1.54, 1.807) is 12.1 Å². The molecule has 4 aromatic rings. The number of halogens is 1. The fourth-order valence-corrected chi connectivity index (χ4v) is 2.85. The summed E-state index contributed by atoms with van der Waals surface area (Å²) in [5.74, 6) is 0.874. The Hall–Kier alpha value is -2.92. The highest BCUT2D eigenvalue weighted by Crippen LogP contribution is 2.28. The number of H-pyrrole nitrogens is 1. The first-order chi connectivity index (χ1) is 12.1. The van der Waals surface area contributed by atoms with Crippen molar-refractivity contribution in [3.05, 3.63) is 64.7 Å². The van der Waals surface area contributed by atoms with Gasteiger partial charge in [0.25, 0.3) is 5.89 Å². The molecule has 0 unspecified atom stereocenters. The third-order valence-corrected chi connectivity index (χ3v) is 4.22. The van der Waals surface area contributed by atoms with Crippen LogP contribution in [0.3, 0.4) is 0 Å². The maximum Gasteiger partial charge on any atom is 0.276 e. The lowest BCUT2D eigenvalue weighted by atomic mass is 10.0. The molecule has 0 aliphatic heterocycles. The fourth-order valence-electron chi connectivity index (χ4n) is 2.66. The van der Waals surface area contributed by atoms with Crippen LogP contribution in [-0.2, 0) is 0 Å². The second-order valence-electron chi connectivity index (χ2n) is 5.92. The summed E-state index contributed by atoms with van der Waals surface area (Å²) in [6.07, 6.45) is 0. The highest BCUT2D eigenvalue weighted by molar-refractivity contribution is 6.30. The SMILES string of the molecule is Cc1ccc(C)c(-c2cc(-c3nc(-c4cccc(Cl)c4)no3)[nH]n2)c1. The van der Waals surface area contributed by atoms with Gasteiger partial charge in [-0.3, -0.25) is 5.10 Å². The molecule has 2 heterocycles. The predicted octanol–water partition coefficient (Wildman–Crippen LogP) is 5.06. The van der Waals surface area contributed by atoms with Gasteiger partial charge in [-0.05, 0) is 43.7 Å². The van der Waals surface area contributed by atoms with Gasteiger partial charge in [-0.25, -0.2) is 0 Å². The van der Waals surface area contributed by atoms with Crippen LogP contribution in [0.2, 0.25) is 5.02 Å². The molecule has 124 valence electrons. The van der Waals surface area contributed by atoms with Gasteiger partial charge >= 0.3 is 0 Å². The molecule has 0 amide bonds. The molecule has 2 aromatic carbocycles. The van der Waals surface area contributed by atoms with Crippen molar-refractivity contribution in [1.29, 1.82) is 0 Å². The fraction of sp³-hybridized carbons (Fsp3) is 0.105. The first-order valence-electron chi connectivity index (χ1n) is 7.83. The number of aromatic nitrogens is 4. The van der Waals surface area contributed by atoms with Crippen LogP contribution in [0.25, 0.3) is 34.2 Å². The lowest BCUT2D eigenvalue weighted by Crippen LogP contribution is -1.84. The van der Waals surface area contributed by atoms with E-state index in [1.807, 2.05) is 18.2 Å². The zero-order valence-electron chi connectivity index (χ0n) is 13.7. The summed E-state index contributed by atoms with van der Waals surface area (Å²) in [6, 6.07) is 15.5. The van der Waals surface area contributed by atoms with Crippen molar-refractivity contribution in [2.24, 2.45) is 0 Å². The summed E-state index contributed by atoms with van der Waals surface area (Å²) >= 11 is 6.01. The quantitative estimate of drug-likeness (QED) is 0.560. The maximum atomic E-state index is 6.01. The third kappa shape index (κ3) is 3.06. The van der Waals surface area contributed by atoms with Crippen LogP contribution in [0.4, 0.5) is 0 Å². The molecule has 0 bridgehead atoms. The Bertz CT molecular complexity index is 1050. The van der Waals surface area contributed by atoms with Crippen molar-refractivity contribution >= 4 is 11.6 Å². The van der Waals surface area contributed by atoms with E-state index in [2.05, 4.69) is 52.4 Å². The number of nitrogens with one attached hydrogen (secondary N) is 1. The minimum Gasteiger partial charge on any atom is -0.332 e. The predicted molar refractivity (Wildman–Crippen MR) is 97.2 cm³/mol. The number of hydrogen-bond donors (Lipinski definition) is 1. The zero-order chi connectivity index (χ0) is 17.4. The summed E-state index contributed by atoms with van der Waals surface area (Å²) in [7, 11) is 0. The van der Waals surface area contributed by atoms with Crippen LogP contribution in [0.5, 0.6) is 0 Å². The molecule has 6 heteroatoms. The van der Waals surface area contributed by atoms with E-state index in [0.717, 1.165) is 22.4 Å². The number of nitrogens with zero attached hydrogens (tertiary/aromatic N) is 3. The number of aromatic amines is 1. The van der Waals surface area contributed by atoms with Crippen LogP contribution in [0, 0.1) is 13.8 Å². The van der Waals surface area contributed by atoms with Gasteiger partial charge in [-0.2, -0.15) is 10.1 Å². The largest absolute Gasteiger partial charge is 0.332 e. The molecule has 0 radical (unpaired) electrons. The van der Waals surface area contributed by atoms with Crippen LogP contribution >= 0.6 is 11.6 Å². The lowest BCUT2D eigenvalue weighted by Gasteiger charge is -2.02. The first kappa shape index (κ1) is 15.6. The topological polar surface area (TPSA) is 67.6 Å². The lowest BCUT2D eigenvalue weighted by molar-refractivity contribution is 0.431. The van der Waals surface area contributed by atoms with Crippen LogP contribution < -0.4 is 0 Å². The molecule has 0 aliphatic rings. The second-order valence-corrected chi connectivity index (χ2v) is 6.36. The van der Waals surface area contributed by atoms with Gasteiger partial charge in [0.15, 0.2) is 0 Å². The third-order valence-electron chi connectivity index (χ3n) is 3.99. The average molecular weight is 351 g/mol. The highest BCUT2D eigenvalue weighted by atomic mass is 35.5. The van der Waals surface area contributed by atoms with E-state index >= 15 is 0 Å². The van der Waals surface area contributed by atoms with Crippen molar-refractivity contribution in [2.45, 2.75) is 13.8 Å². The summed E-state index contributed by atoms with van der Waals surface area (Å²) in [6.45, 7) is 4.12. The standard InChI is InChI=1S/C19H15ClN4O/c1-11-6-7-12(2)15(8-11)16-10-17(23-22-16)19-21-18(24-25-19)13-4-3-5-14(20)9-13/h3-10H,1-2H3,(H,22,23). The van der Waals surface area contributed by atoms with E-state index in [-0.39, 0.29) is 0 Å². The monoisotopic (exact) mass is 350 g/mol. The smallest absolute Gasteiger partial charge is 0.276 e. The van der Waals surface area contributed by atoms with E-state index in [1.165, 1.54) is 5.56 Å². The summed E-state index contributed by atoms with van der Waals surface area (Å²) in [5.41, 5.74) is 5.75. The molecular weight excluding hydrogens is 336 g/mol. The van der Waals surface area contributed by atoms with E-state index < -0.39 is 0 Å². The molecule has 0 saturated heterocycles. The van der Waals surface area contributed by atoms with Gasteiger partial charge in [0.2, 0.25) is 5.82 Å². The molecule has 0 saturated carbocycles. The molecule has 5 nitrogen and oxygen atoms in total. The van der Waals surface area contributed by atoms with Gasteiger partial charge in [-0.15, -0.1) is 0 Å². The molecule has 0 spiro atoms. The second kappa shape index (κ2) is 6.18. The van der Waals surface area contributed by atoms with Crippen molar-refractivity contribution in [1.82, 2.24) is 20.3 Å². The Morgan fingerprint density at radius 1 is 1.04 bits per heavy atom. The zero-order valence-corrected chi connectivity index (χ0v) is 14.5. The van der Waals surface area contributed by atoms with Crippen molar-refractivity contribution in [3.8, 4) is 34.2 Å². The molecule has 0 fully saturated rings. The highest BCUT2D eigenvalue weighted by Gasteiger charge is 2.15. The van der Waals surface area contributed by atoms with Gasteiger partial charge in [0.05, 0.1) is 5.69 Å². The van der Waals surface area contributed by atoms with Crippen molar-refractivity contribution in [3.63, 3.8) is 0 Å². The maximum absolute atomic E-state index is 6.01. The van der Waals surface area contributed by atoms with Gasteiger partial charge in [0, 0.05) is 16.1 Å². The molecule has 0 atom stereocenters. The Morgan fingerprint density at radius 3 is 2.76 bits per heavy atom. The van der Waals surface area contributed by atoms with Gasteiger partial charge in [0.1, 0.15) is 5.69 Å².